The van der Waals surface area contributed by atoms with Crippen LogP contribution in [0, 0.1) is 5.82 Å². The number of rotatable bonds is 7. The van der Waals surface area contributed by atoms with E-state index in [1.54, 1.807) is 30.3 Å². The molecule has 204 valence electrons. The lowest BCUT2D eigenvalue weighted by atomic mass is 10.0. The second-order valence-corrected chi connectivity index (χ2v) is 11.4. The summed E-state index contributed by atoms with van der Waals surface area (Å²) in [6, 6.07) is 21.6. The van der Waals surface area contributed by atoms with Crippen molar-refractivity contribution in [3.8, 4) is 5.88 Å². The Morgan fingerprint density at radius 1 is 0.925 bits per heavy atom. The molecule has 3 aromatic carbocycles. The highest BCUT2D eigenvalue weighted by molar-refractivity contribution is 7.90. The number of benzene rings is 3. The Morgan fingerprint density at radius 2 is 1.62 bits per heavy atom. The van der Waals surface area contributed by atoms with Gasteiger partial charge in [0, 0.05) is 42.5 Å². The molecule has 0 saturated carbocycles. The van der Waals surface area contributed by atoms with Crippen molar-refractivity contribution in [2.24, 2.45) is 0 Å². The van der Waals surface area contributed by atoms with Gasteiger partial charge in [-0.2, -0.15) is 0 Å². The van der Waals surface area contributed by atoms with Crippen molar-refractivity contribution in [1.29, 1.82) is 0 Å². The maximum atomic E-state index is 13.5. The summed E-state index contributed by atoms with van der Waals surface area (Å²) >= 11 is 0. The van der Waals surface area contributed by atoms with Crippen LogP contribution in [-0.4, -0.2) is 33.1 Å². The predicted molar refractivity (Wildman–Crippen MR) is 146 cm³/mol. The van der Waals surface area contributed by atoms with Gasteiger partial charge in [0.05, 0.1) is 17.1 Å². The smallest absolute Gasteiger partial charge is 0.331 e. The van der Waals surface area contributed by atoms with E-state index in [2.05, 4.69) is 4.57 Å². The number of carbonyl (C=O) groups is 1. The highest BCUT2D eigenvalue weighted by Crippen LogP contribution is 2.35. The predicted octanol–water partition coefficient (Wildman–Crippen LogP) is 3.35. The Balaban J connectivity index is 1.28. The standard InChI is InChI=1S/C29H25FN4O5S/c30-20-12-10-19(11-13-20)17-33-24-9-5-4-8-22(24)23-16-25-28(36)32(29(37)34(25)18-26(23)33)15-14-27(35)31-40(38,39)21-6-2-1-3-7-21/h1-13,36H,14-18H2,(H,31,35). The summed E-state index contributed by atoms with van der Waals surface area (Å²) in [6.07, 6.45) is -0.0232. The molecule has 1 amide bonds. The molecule has 0 atom stereocenters. The summed E-state index contributed by atoms with van der Waals surface area (Å²) in [5.41, 5.74) is 3.70. The van der Waals surface area contributed by atoms with E-state index in [4.69, 9.17) is 0 Å². The van der Waals surface area contributed by atoms with E-state index in [-0.39, 0.29) is 36.1 Å². The normalized spacial score (nSPS) is 12.7. The number of para-hydroxylation sites is 1. The number of hydrogen-bond donors (Lipinski definition) is 2. The third-order valence-electron chi connectivity index (χ3n) is 7.27. The molecular weight excluding hydrogens is 535 g/mol. The zero-order chi connectivity index (χ0) is 28.0. The van der Waals surface area contributed by atoms with E-state index < -0.39 is 21.6 Å². The van der Waals surface area contributed by atoms with Gasteiger partial charge in [-0.3, -0.25) is 13.9 Å². The quantitative estimate of drug-likeness (QED) is 0.311. The summed E-state index contributed by atoms with van der Waals surface area (Å²) in [5, 5.41) is 12.0. The molecule has 0 bridgehead atoms. The molecular formula is C29H25FN4O5S. The Morgan fingerprint density at radius 3 is 2.38 bits per heavy atom. The molecule has 2 aromatic heterocycles. The molecule has 1 aliphatic heterocycles. The average Bonchev–Trinajstić information content (AvgIpc) is 3.38. The van der Waals surface area contributed by atoms with Crippen LogP contribution in [0.2, 0.25) is 0 Å². The Hall–Kier alpha value is -4.64. The fraction of sp³-hybridized carbons (Fsp3) is 0.172. The minimum absolute atomic E-state index is 0.0474. The lowest BCUT2D eigenvalue weighted by molar-refractivity contribution is -0.119. The monoisotopic (exact) mass is 560 g/mol. The van der Waals surface area contributed by atoms with Gasteiger partial charge in [-0.05, 0) is 41.5 Å². The first-order valence-electron chi connectivity index (χ1n) is 12.7. The fourth-order valence-electron chi connectivity index (χ4n) is 5.32. The van der Waals surface area contributed by atoms with E-state index >= 15 is 0 Å². The lowest BCUT2D eigenvalue weighted by Gasteiger charge is -2.18. The molecule has 2 N–H and O–H groups in total. The second-order valence-electron chi connectivity index (χ2n) is 9.71. The van der Waals surface area contributed by atoms with Crippen molar-refractivity contribution in [3.05, 3.63) is 118 Å². The van der Waals surface area contributed by atoms with Gasteiger partial charge in [-0.15, -0.1) is 0 Å². The molecule has 9 nitrogen and oxygen atoms in total. The molecule has 0 unspecified atom stereocenters. The summed E-state index contributed by atoms with van der Waals surface area (Å²) < 4.78 is 45.1. The maximum Gasteiger partial charge on any atom is 0.331 e. The third kappa shape index (κ3) is 4.47. The summed E-state index contributed by atoms with van der Waals surface area (Å²) in [4.78, 5) is 25.8. The second kappa shape index (κ2) is 9.83. The van der Waals surface area contributed by atoms with Crippen LogP contribution in [0.5, 0.6) is 5.88 Å². The summed E-state index contributed by atoms with van der Waals surface area (Å²) in [5.74, 6) is -1.36. The van der Waals surface area contributed by atoms with E-state index in [9.17, 15) is 27.5 Å². The fourth-order valence-corrected chi connectivity index (χ4v) is 6.35. The maximum absolute atomic E-state index is 13.5. The Bertz CT molecular complexity index is 1920. The first kappa shape index (κ1) is 25.6. The van der Waals surface area contributed by atoms with Crippen LogP contribution in [0.15, 0.2) is 88.6 Å². The van der Waals surface area contributed by atoms with Gasteiger partial charge in [-0.25, -0.2) is 22.3 Å². The van der Waals surface area contributed by atoms with Gasteiger partial charge in [-0.1, -0.05) is 48.5 Å². The van der Waals surface area contributed by atoms with Crippen molar-refractivity contribution >= 4 is 26.8 Å². The number of carbonyl (C=O) groups excluding carboxylic acids is 1. The number of imidazole rings is 1. The van der Waals surface area contributed by atoms with Crippen LogP contribution >= 0.6 is 0 Å². The SMILES string of the molecule is O=C(CCn1c(O)c2n(c1=O)Cc1c(c3ccccc3n1Cc1ccc(F)cc1)C2)NS(=O)(=O)c1ccccc1. The molecule has 40 heavy (non-hydrogen) atoms. The number of halogens is 1. The first-order valence-corrected chi connectivity index (χ1v) is 14.2. The van der Waals surface area contributed by atoms with Crippen LogP contribution in [0.4, 0.5) is 4.39 Å². The average molecular weight is 561 g/mol. The summed E-state index contributed by atoms with van der Waals surface area (Å²) in [7, 11) is -4.05. The number of aromatic nitrogens is 3. The van der Waals surface area contributed by atoms with Crippen LogP contribution in [0.3, 0.4) is 0 Å². The largest absolute Gasteiger partial charge is 0.493 e. The van der Waals surface area contributed by atoms with Crippen LogP contribution in [-0.2, 0) is 40.9 Å². The van der Waals surface area contributed by atoms with Crippen LogP contribution < -0.4 is 10.4 Å². The first-order chi connectivity index (χ1) is 19.2. The molecule has 3 heterocycles. The molecule has 0 radical (unpaired) electrons. The van der Waals surface area contributed by atoms with Crippen molar-refractivity contribution in [2.75, 3.05) is 0 Å². The molecule has 6 rings (SSSR count). The lowest BCUT2D eigenvalue weighted by Crippen LogP contribution is -2.33. The van der Waals surface area contributed by atoms with E-state index in [1.165, 1.54) is 28.8 Å². The Kier molecular flexibility index (Phi) is 6.30. The highest BCUT2D eigenvalue weighted by Gasteiger charge is 2.30. The van der Waals surface area contributed by atoms with E-state index in [0.717, 1.165) is 32.3 Å². The molecule has 11 heteroatoms. The van der Waals surface area contributed by atoms with Crippen LogP contribution in [0.25, 0.3) is 10.9 Å². The number of aromatic hydroxyl groups is 1. The number of amides is 1. The van der Waals surface area contributed by atoms with Crippen molar-refractivity contribution in [1.82, 2.24) is 18.4 Å². The molecule has 0 fully saturated rings. The van der Waals surface area contributed by atoms with Gasteiger partial charge >= 0.3 is 5.69 Å². The number of fused-ring (bicyclic) bond motifs is 4. The van der Waals surface area contributed by atoms with Crippen molar-refractivity contribution in [2.45, 2.75) is 37.4 Å². The zero-order valence-electron chi connectivity index (χ0n) is 21.2. The summed E-state index contributed by atoms with van der Waals surface area (Å²) in [6.45, 7) is 0.485. The van der Waals surface area contributed by atoms with E-state index in [0.29, 0.717) is 18.7 Å². The number of nitrogens with zero attached hydrogens (tertiary/aromatic N) is 3. The van der Waals surface area contributed by atoms with Crippen LogP contribution in [0.1, 0.15) is 28.9 Å². The number of hydrogen-bond acceptors (Lipinski definition) is 5. The van der Waals surface area contributed by atoms with E-state index in [1.807, 2.05) is 29.0 Å². The highest BCUT2D eigenvalue weighted by atomic mass is 32.2. The van der Waals surface area contributed by atoms with Gasteiger partial charge in [0.15, 0.2) is 0 Å². The Labute approximate surface area is 228 Å². The molecule has 0 spiro atoms. The zero-order valence-corrected chi connectivity index (χ0v) is 22.1. The van der Waals surface area contributed by atoms with Crippen molar-refractivity contribution in [3.63, 3.8) is 0 Å². The topological polar surface area (TPSA) is 115 Å². The number of nitrogens with one attached hydrogen (secondary N) is 1. The molecule has 0 saturated heterocycles. The van der Waals surface area contributed by atoms with Gasteiger partial charge < -0.3 is 9.67 Å². The minimum Gasteiger partial charge on any atom is -0.493 e. The van der Waals surface area contributed by atoms with Crippen molar-refractivity contribution < 1.29 is 22.7 Å². The molecule has 5 aromatic rings. The minimum atomic E-state index is -4.05. The molecule has 1 aliphatic rings. The van der Waals surface area contributed by atoms with Gasteiger partial charge in [0.1, 0.15) is 5.82 Å². The molecule has 0 aliphatic carbocycles. The number of sulfonamides is 1. The van der Waals surface area contributed by atoms with Gasteiger partial charge in [0.2, 0.25) is 11.8 Å². The van der Waals surface area contributed by atoms with Gasteiger partial charge in [0.25, 0.3) is 10.0 Å². The third-order valence-corrected chi connectivity index (χ3v) is 8.65.